The molecule has 1 aromatic heterocycles. The molecular formula is C28H25N3O2. The quantitative estimate of drug-likeness (QED) is 0.362. The summed E-state index contributed by atoms with van der Waals surface area (Å²) in [7, 11) is 3.68. The van der Waals surface area contributed by atoms with E-state index in [1.807, 2.05) is 73.8 Å². The first kappa shape index (κ1) is 20.9. The lowest BCUT2D eigenvalue weighted by molar-refractivity contribution is 0.241. The van der Waals surface area contributed by atoms with Crippen molar-refractivity contribution in [3.63, 3.8) is 0 Å². The van der Waals surface area contributed by atoms with Crippen LogP contribution in [0.25, 0.3) is 32.8 Å². The third-order valence-electron chi connectivity index (χ3n) is 5.85. The van der Waals surface area contributed by atoms with Crippen LogP contribution < -0.4 is 10.3 Å². The highest BCUT2D eigenvalue weighted by Gasteiger charge is 2.13. The van der Waals surface area contributed by atoms with E-state index < -0.39 is 0 Å². The minimum absolute atomic E-state index is 0.0808. The number of hydrogen-bond acceptors (Lipinski definition) is 4. The second-order valence-electron chi connectivity index (χ2n) is 8.27. The van der Waals surface area contributed by atoms with Crippen molar-refractivity contribution in [1.82, 2.24) is 14.7 Å². The molecule has 0 saturated heterocycles. The molecule has 164 valence electrons. The average molecular weight is 436 g/mol. The number of fused-ring (bicyclic) bond motifs is 2. The van der Waals surface area contributed by atoms with Crippen LogP contribution in [0.1, 0.15) is 5.56 Å². The molecule has 0 unspecified atom stereocenters. The van der Waals surface area contributed by atoms with E-state index in [1.54, 1.807) is 11.8 Å². The molecule has 0 aliphatic carbocycles. The summed E-state index contributed by atoms with van der Waals surface area (Å²) < 4.78 is 6.89. The minimum atomic E-state index is -0.0808. The van der Waals surface area contributed by atoms with Gasteiger partial charge in [0.15, 0.2) is 0 Å². The Labute approximate surface area is 192 Å². The summed E-state index contributed by atoms with van der Waals surface area (Å²) in [4.78, 5) is 15.3. The molecule has 5 rings (SSSR count). The Balaban J connectivity index is 1.46. The second-order valence-corrected chi connectivity index (χ2v) is 8.27. The largest absolute Gasteiger partial charge is 0.497 e. The predicted octanol–water partition coefficient (Wildman–Crippen LogP) is 5.31. The fourth-order valence-electron chi connectivity index (χ4n) is 4.23. The van der Waals surface area contributed by atoms with Crippen LogP contribution in [0.15, 0.2) is 95.8 Å². The van der Waals surface area contributed by atoms with Gasteiger partial charge in [0.25, 0.3) is 5.56 Å². The van der Waals surface area contributed by atoms with Gasteiger partial charge in [-0.2, -0.15) is 5.10 Å². The van der Waals surface area contributed by atoms with Crippen LogP contribution >= 0.6 is 0 Å². The number of benzene rings is 4. The van der Waals surface area contributed by atoms with Crippen LogP contribution in [0.2, 0.25) is 0 Å². The van der Waals surface area contributed by atoms with Crippen LogP contribution in [0.4, 0.5) is 0 Å². The van der Waals surface area contributed by atoms with Gasteiger partial charge in [-0.3, -0.25) is 9.69 Å². The molecule has 0 aliphatic heterocycles. The molecule has 0 saturated carbocycles. The third kappa shape index (κ3) is 4.23. The Morgan fingerprint density at radius 3 is 2.33 bits per heavy atom. The zero-order valence-electron chi connectivity index (χ0n) is 18.7. The zero-order chi connectivity index (χ0) is 22.8. The van der Waals surface area contributed by atoms with Crippen LogP contribution in [-0.4, -0.2) is 28.8 Å². The van der Waals surface area contributed by atoms with Gasteiger partial charge in [0.2, 0.25) is 0 Å². The summed E-state index contributed by atoms with van der Waals surface area (Å²) in [5, 5.41) is 8.62. The van der Waals surface area contributed by atoms with Gasteiger partial charge in [-0.1, -0.05) is 66.7 Å². The maximum atomic E-state index is 13.2. The van der Waals surface area contributed by atoms with Gasteiger partial charge in [0.1, 0.15) is 5.75 Å². The van der Waals surface area contributed by atoms with E-state index in [0.717, 1.165) is 33.2 Å². The summed E-state index contributed by atoms with van der Waals surface area (Å²) >= 11 is 0. The van der Waals surface area contributed by atoms with Crippen molar-refractivity contribution in [2.24, 2.45) is 0 Å². The van der Waals surface area contributed by atoms with Crippen molar-refractivity contribution < 1.29 is 4.74 Å². The molecule has 0 bridgehead atoms. The van der Waals surface area contributed by atoms with Gasteiger partial charge in [-0.05, 0) is 47.6 Å². The first-order valence-electron chi connectivity index (χ1n) is 10.9. The van der Waals surface area contributed by atoms with E-state index in [2.05, 4.69) is 29.2 Å². The van der Waals surface area contributed by atoms with Crippen molar-refractivity contribution in [2.75, 3.05) is 14.2 Å². The summed E-state index contributed by atoms with van der Waals surface area (Å²) in [5.41, 5.74) is 2.91. The maximum absolute atomic E-state index is 13.2. The lowest BCUT2D eigenvalue weighted by atomic mass is 10.1. The normalized spacial score (nSPS) is 11.4. The van der Waals surface area contributed by atoms with Gasteiger partial charge < -0.3 is 4.74 Å². The minimum Gasteiger partial charge on any atom is -0.497 e. The lowest BCUT2D eigenvalue weighted by Crippen LogP contribution is -2.32. The molecule has 1 heterocycles. The topological polar surface area (TPSA) is 47.4 Å². The molecule has 5 aromatic rings. The van der Waals surface area contributed by atoms with Crippen LogP contribution in [-0.2, 0) is 13.2 Å². The number of aromatic nitrogens is 2. The average Bonchev–Trinajstić information content (AvgIpc) is 2.86. The zero-order valence-corrected chi connectivity index (χ0v) is 18.7. The Bertz CT molecular complexity index is 1490. The van der Waals surface area contributed by atoms with E-state index in [-0.39, 0.29) is 5.56 Å². The number of nitrogens with zero attached hydrogens (tertiary/aromatic N) is 3. The molecule has 0 spiro atoms. The molecular weight excluding hydrogens is 410 g/mol. The highest BCUT2D eigenvalue weighted by Crippen LogP contribution is 2.25. The molecule has 0 N–H and O–H groups in total. The highest BCUT2D eigenvalue weighted by molar-refractivity contribution is 5.93. The number of rotatable bonds is 6. The van der Waals surface area contributed by atoms with Crippen LogP contribution in [0.5, 0.6) is 5.75 Å². The summed E-state index contributed by atoms with van der Waals surface area (Å²) in [5.74, 6) is 0.850. The number of hydrogen-bond donors (Lipinski definition) is 0. The SMILES string of the molecule is COc1ccc2cc(CN(C)Cn3nc(-c4ccccc4)c4ccccc4c3=O)ccc2c1. The first-order chi connectivity index (χ1) is 16.1. The fraction of sp³-hybridized carbons (Fsp3) is 0.143. The fourth-order valence-corrected chi connectivity index (χ4v) is 4.23. The lowest BCUT2D eigenvalue weighted by Gasteiger charge is -2.19. The van der Waals surface area contributed by atoms with Crippen molar-refractivity contribution in [1.29, 1.82) is 0 Å². The van der Waals surface area contributed by atoms with Crippen molar-refractivity contribution >= 4 is 21.5 Å². The molecule has 0 radical (unpaired) electrons. The highest BCUT2D eigenvalue weighted by atomic mass is 16.5. The van der Waals surface area contributed by atoms with Gasteiger partial charge in [-0.15, -0.1) is 0 Å². The Morgan fingerprint density at radius 2 is 1.55 bits per heavy atom. The Hall–Kier alpha value is -3.96. The monoisotopic (exact) mass is 435 g/mol. The van der Waals surface area contributed by atoms with E-state index in [4.69, 9.17) is 9.84 Å². The molecule has 33 heavy (non-hydrogen) atoms. The van der Waals surface area contributed by atoms with E-state index >= 15 is 0 Å². The second kappa shape index (κ2) is 8.88. The van der Waals surface area contributed by atoms with E-state index in [1.165, 1.54) is 5.56 Å². The standard InChI is InChI=1S/C28H25N3O2/c1-30(18-20-12-13-23-17-24(33-2)15-14-22(23)16-20)19-31-28(32)26-11-7-6-10-25(26)27(29-31)21-8-4-3-5-9-21/h3-17H,18-19H2,1-2H3. The van der Waals surface area contributed by atoms with Crippen LogP contribution in [0, 0.1) is 0 Å². The van der Waals surface area contributed by atoms with Crippen molar-refractivity contribution in [3.05, 3.63) is 107 Å². The maximum Gasteiger partial charge on any atom is 0.275 e. The van der Waals surface area contributed by atoms with Gasteiger partial charge in [0.05, 0.1) is 24.9 Å². The molecule has 0 amide bonds. The smallest absolute Gasteiger partial charge is 0.275 e. The van der Waals surface area contributed by atoms with Crippen LogP contribution in [0.3, 0.4) is 0 Å². The first-order valence-corrected chi connectivity index (χ1v) is 10.9. The molecule has 5 heteroatoms. The van der Waals surface area contributed by atoms with Gasteiger partial charge in [-0.25, -0.2) is 4.68 Å². The molecule has 0 atom stereocenters. The summed E-state index contributed by atoms with van der Waals surface area (Å²) in [6.45, 7) is 1.09. The summed E-state index contributed by atoms with van der Waals surface area (Å²) in [6, 6.07) is 30.2. The Kier molecular flexibility index (Phi) is 5.63. The predicted molar refractivity (Wildman–Crippen MR) is 133 cm³/mol. The molecule has 5 nitrogen and oxygen atoms in total. The molecule has 4 aromatic carbocycles. The molecule has 0 fully saturated rings. The van der Waals surface area contributed by atoms with E-state index in [0.29, 0.717) is 18.6 Å². The van der Waals surface area contributed by atoms with E-state index in [9.17, 15) is 4.79 Å². The van der Waals surface area contributed by atoms with Crippen molar-refractivity contribution in [2.45, 2.75) is 13.2 Å². The molecule has 0 aliphatic rings. The van der Waals surface area contributed by atoms with Gasteiger partial charge in [0, 0.05) is 17.5 Å². The summed E-state index contributed by atoms with van der Waals surface area (Å²) in [6.07, 6.45) is 0. The Morgan fingerprint density at radius 1 is 0.848 bits per heavy atom. The number of methoxy groups -OCH3 is 1. The van der Waals surface area contributed by atoms with Gasteiger partial charge >= 0.3 is 0 Å². The number of ether oxygens (including phenoxy) is 1. The third-order valence-corrected chi connectivity index (χ3v) is 5.85. The van der Waals surface area contributed by atoms with Crippen molar-refractivity contribution in [3.8, 4) is 17.0 Å².